The fourth-order valence-corrected chi connectivity index (χ4v) is 1.89. The monoisotopic (exact) mass is 232 g/mol. The van der Waals surface area contributed by atoms with Crippen molar-refractivity contribution >= 4 is 11.7 Å². The van der Waals surface area contributed by atoms with Gasteiger partial charge in [-0.2, -0.15) is 0 Å². The molecule has 4 nitrogen and oxygen atoms in total. The van der Waals surface area contributed by atoms with Crippen molar-refractivity contribution in [3.05, 3.63) is 35.9 Å². The van der Waals surface area contributed by atoms with Crippen molar-refractivity contribution in [2.45, 2.75) is 6.42 Å². The highest BCUT2D eigenvalue weighted by Crippen LogP contribution is 2.03. The molecule has 0 aromatic heterocycles. The largest absolute Gasteiger partial charge is 0.355 e. The Morgan fingerprint density at radius 1 is 1.24 bits per heavy atom. The summed E-state index contributed by atoms with van der Waals surface area (Å²) in [4.78, 5) is 25.1. The number of carbonyl (C=O) groups excluding carboxylic acids is 2. The molecule has 1 aliphatic rings. The van der Waals surface area contributed by atoms with Gasteiger partial charge in [-0.15, -0.1) is 0 Å². The number of hydrogen-bond donors (Lipinski definition) is 1. The van der Waals surface area contributed by atoms with Crippen LogP contribution in [0.25, 0.3) is 0 Å². The highest BCUT2D eigenvalue weighted by Gasteiger charge is 2.16. The second-order valence-corrected chi connectivity index (χ2v) is 4.17. The third-order valence-corrected chi connectivity index (χ3v) is 2.87. The number of carbonyl (C=O) groups is 2. The summed E-state index contributed by atoms with van der Waals surface area (Å²) >= 11 is 0. The van der Waals surface area contributed by atoms with E-state index in [0.29, 0.717) is 26.1 Å². The third-order valence-electron chi connectivity index (χ3n) is 2.87. The lowest BCUT2D eigenvalue weighted by Crippen LogP contribution is -2.33. The van der Waals surface area contributed by atoms with Gasteiger partial charge in [-0.25, -0.2) is 0 Å². The van der Waals surface area contributed by atoms with Crippen LogP contribution in [0.2, 0.25) is 0 Å². The highest BCUT2D eigenvalue weighted by atomic mass is 16.1. The first kappa shape index (κ1) is 11.8. The molecule has 1 fully saturated rings. The minimum Gasteiger partial charge on any atom is -0.355 e. The van der Waals surface area contributed by atoms with Crippen molar-refractivity contribution in [1.82, 2.24) is 10.2 Å². The quantitative estimate of drug-likeness (QED) is 0.780. The number of rotatable bonds is 3. The van der Waals surface area contributed by atoms with Gasteiger partial charge in [0.05, 0.1) is 6.54 Å². The number of hydrogen-bond acceptors (Lipinski definition) is 3. The van der Waals surface area contributed by atoms with Gasteiger partial charge in [0.2, 0.25) is 5.91 Å². The average Bonchev–Trinajstić information content (AvgIpc) is 2.56. The molecule has 1 saturated heterocycles. The van der Waals surface area contributed by atoms with Crippen LogP contribution in [0.4, 0.5) is 0 Å². The molecule has 0 spiro atoms. The minimum atomic E-state index is 0.0691. The lowest BCUT2D eigenvalue weighted by molar-refractivity contribution is -0.120. The van der Waals surface area contributed by atoms with Crippen molar-refractivity contribution < 1.29 is 9.59 Å². The zero-order valence-corrected chi connectivity index (χ0v) is 9.69. The van der Waals surface area contributed by atoms with Crippen LogP contribution in [0.3, 0.4) is 0 Å². The number of Topliss-reactive ketones (excluding diaryl/α,β-unsaturated/α-hetero) is 1. The van der Waals surface area contributed by atoms with E-state index in [1.165, 1.54) is 0 Å². The van der Waals surface area contributed by atoms with Crippen LogP contribution in [-0.2, 0) is 4.79 Å². The maximum atomic E-state index is 12.0. The van der Waals surface area contributed by atoms with Crippen LogP contribution in [0.1, 0.15) is 16.8 Å². The molecule has 17 heavy (non-hydrogen) atoms. The SMILES string of the molecule is O=C1CCN(CC(=O)c2ccccc2)CCN1. The van der Waals surface area contributed by atoms with Crippen molar-refractivity contribution in [2.75, 3.05) is 26.2 Å². The van der Waals surface area contributed by atoms with E-state index < -0.39 is 0 Å². The van der Waals surface area contributed by atoms with Gasteiger partial charge in [-0.1, -0.05) is 30.3 Å². The summed E-state index contributed by atoms with van der Waals surface area (Å²) in [7, 11) is 0. The fourth-order valence-electron chi connectivity index (χ4n) is 1.89. The zero-order chi connectivity index (χ0) is 12.1. The smallest absolute Gasteiger partial charge is 0.221 e. The molecule has 1 heterocycles. The van der Waals surface area contributed by atoms with E-state index in [1.54, 1.807) is 0 Å². The van der Waals surface area contributed by atoms with Crippen molar-refractivity contribution in [3.8, 4) is 0 Å². The Balaban J connectivity index is 1.92. The topological polar surface area (TPSA) is 49.4 Å². The zero-order valence-electron chi connectivity index (χ0n) is 9.69. The molecule has 0 aliphatic carbocycles. The number of ketones is 1. The molecule has 1 amide bonds. The molecule has 0 unspecified atom stereocenters. The molecule has 0 bridgehead atoms. The van der Waals surface area contributed by atoms with Crippen LogP contribution in [0, 0.1) is 0 Å². The van der Waals surface area contributed by atoms with Gasteiger partial charge < -0.3 is 5.32 Å². The van der Waals surface area contributed by atoms with Crippen molar-refractivity contribution in [2.24, 2.45) is 0 Å². The lowest BCUT2D eigenvalue weighted by Gasteiger charge is -2.17. The number of nitrogens with zero attached hydrogens (tertiary/aromatic N) is 1. The minimum absolute atomic E-state index is 0.0691. The second-order valence-electron chi connectivity index (χ2n) is 4.17. The Morgan fingerprint density at radius 2 is 2.00 bits per heavy atom. The maximum absolute atomic E-state index is 12.0. The van der Waals surface area contributed by atoms with Gasteiger partial charge in [0, 0.05) is 31.6 Å². The summed E-state index contributed by atoms with van der Waals surface area (Å²) in [5.41, 5.74) is 0.732. The molecule has 0 saturated carbocycles. The Hall–Kier alpha value is -1.68. The number of benzene rings is 1. The van der Waals surface area contributed by atoms with Gasteiger partial charge in [-0.05, 0) is 0 Å². The fraction of sp³-hybridized carbons (Fsp3) is 0.385. The van der Waals surface area contributed by atoms with Gasteiger partial charge in [0.25, 0.3) is 0 Å². The molecule has 1 aromatic carbocycles. The molecule has 0 radical (unpaired) electrons. The number of amides is 1. The molecule has 0 atom stereocenters. The third kappa shape index (κ3) is 3.39. The first-order valence-electron chi connectivity index (χ1n) is 5.83. The van der Waals surface area contributed by atoms with E-state index in [1.807, 2.05) is 35.2 Å². The van der Waals surface area contributed by atoms with Crippen molar-refractivity contribution in [3.63, 3.8) is 0 Å². The van der Waals surface area contributed by atoms with E-state index in [2.05, 4.69) is 5.32 Å². The molecule has 4 heteroatoms. The molecule has 2 rings (SSSR count). The summed E-state index contributed by atoms with van der Waals surface area (Å²) in [6, 6.07) is 9.26. The Labute approximate surface area is 101 Å². The van der Waals surface area contributed by atoms with Crippen LogP contribution in [-0.4, -0.2) is 42.8 Å². The lowest BCUT2D eigenvalue weighted by atomic mass is 10.1. The second kappa shape index (κ2) is 5.59. The van der Waals surface area contributed by atoms with Crippen LogP contribution in [0.5, 0.6) is 0 Å². The predicted octanol–water partition coefficient (Wildman–Crippen LogP) is 0.691. The van der Waals surface area contributed by atoms with Gasteiger partial charge in [-0.3, -0.25) is 14.5 Å². The van der Waals surface area contributed by atoms with E-state index in [4.69, 9.17) is 0 Å². The van der Waals surface area contributed by atoms with E-state index in [-0.39, 0.29) is 11.7 Å². The van der Waals surface area contributed by atoms with Gasteiger partial charge >= 0.3 is 0 Å². The Morgan fingerprint density at radius 3 is 2.76 bits per heavy atom. The van der Waals surface area contributed by atoms with E-state index in [9.17, 15) is 9.59 Å². The average molecular weight is 232 g/mol. The van der Waals surface area contributed by atoms with E-state index >= 15 is 0 Å². The van der Waals surface area contributed by atoms with Crippen molar-refractivity contribution in [1.29, 1.82) is 0 Å². The Bertz CT molecular complexity index is 403. The number of nitrogens with one attached hydrogen (secondary N) is 1. The normalized spacial score (nSPS) is 17.3. The first-order valence-corrected chi connectivity index (χ1v) is 5.83. The molecule has 1 aromatic rings. The van der Waals surface area contributed by atoms with Gasteiger partial charge in [0.15, 0.2) is 5.78 Å². The summed E-state index contributed by atoms with van der Waals surface area (Å²) in [6.07, 6.45) is 0.474. The standard InChI is InChI=1S/C13H16N2O2/c16-12(11-4-2-1-3-5-11)10-15-8-6-13(17)14-7-9-15/h1-5H,6-10H2,(H,14,17). The van der Waals surface area contributed by atoms with Crippen LogP contribution in [0.15, 0.2) is 30.3 Å². The maximum Gasteiger partial charge on any atom is 0.221 e. The van der Waals surface area contributed by atoms with E-state index in [0.717, 1.165) is 12.1 Å². The van der Waals surface area contributed by atoms with Gasteiger partial charge in [0.1, 0.15) is 0 Å². The Kier molecular flexibility index (Phi) is 3.88. The van der Waals surface area contributed by atoms with Crippen LogP contribution < -0.4 is 5.32 Å². The molecule has 1 aliphatic heterocycles. The summed E-state index contributed by atoms with van der Waals surface area (Å²) in [5, 5.41) is 2.80. The first-order chi connectivity index (χ1) is 8.25. The molecular weight excluding hydrogens is 216 g/mol. The summed E-state index contributed by atoms with van der Waals surface area (Å²) in [5.74, 6) is 0.180. The molecular formula is C13H16N2O2. The highest BCUT2D eigenvalue weighted by molar-refractivity contribution is 5.97. The van der Waals surface area contributed by atoms with Crippen LogP contribution >= 0.6 is 0 Å². The molecule has 1 N–H and O–H groups in total. The predicted molar refractivity (Wildman–Crippen MR) is 64.8 cm³/mol. The molecule has 90 valence electrons. The summed E-state index contributed by atoms with van der Waals surface area (Å²) < 4.78 is 0. The summed E-state index contributed by atoms with van der Waals surface area (Å²) in [6.45, 7) is 2.41.